The quantitative estimate of drug-likeness (QED) is 0.0970. The Kier molecular flexibility index (Phi) is 11.1. The van der Waals surface area contributed by atoms with Gasteiger partial charge in [-0.2, -0.15) is 0 Å². The van der Waals surface area contributed by atoms with E-state index < -0.39 is 5.97 Å². The molecule has 0 bridgehead atoms. The van der Waals surface area contributed by atoms with Crippen molar-refractivity contribution in [2.45, 2.75) is 45.4 Å². The standard InChI is InChI=1S/C38H40N4O4S/c1-27-20-28(2)37(29(3)21-27)47-41(5)24-36(43)42(23-35-39-18-19-40(35)4)32-16-17-33(38(44)46-26-31-14-10-7-11-15-31)34(22-32)45-25-30-12-8-6-9-13-30/h6-22H,23-26H2,1-5H3. The summed E-state index contributed by atoms with van der Waals surface area (Å²) in [5.74, 6) is 0.414. The Labute approximate surface area is 281 Å². The number of aromatic nitrogens is 2. The zero-order valence-electron chi connectivity index (χ0n) is 27.5. The highest BCUT2D eigenvalue weighted by atomic mass is 32.2. The van der Waals surface area contributed by atoms with Gasteiger partial charge in [0, 0.05) is 36.1 Å². The van der Waals surface area contributed by atoms with E-state index in [0.29, 0.717) is 11.4 Å². The molecule has 4 aromatic carbocycles. The zero-order valence-corrected chi connectivity index (χ0v) is 28.3. The van der Waals surface area contributed by atoms with Crippen molar-refractivity contribution < 1.29 is 19.1 Å². The van der Waals surface area contributed by atoms with Crippen LogP contribution in [0.3, 0.4) is 0 Å². The van der Waals surface area contributed by atoms with Crippen molar-refractivity contribution in [2.24, 2.45) is 7.05 Å². The number of aryl methyl sites for hydroxylation is 4. The number of amides is 1. The van der Waals surface area contributed by atoms with E-state index in [4.69, 9.17) is 9.47 Å². The molecule has 0 N–H and O–H groups in total. The maximum Gasteiger partial charge on any atom is 0.342 e. The number of imidazole rings is 1. The lowest BCUT2D eigenvalue weighted by atomic mass is 10.1. The summed E-state index contributed by atoms with van der Waals surface area (Å²) in [4.78, 5) is 34.7. The first-order valence-electron chi connectivity index (χ1n) is 15.4. The number of likely N-dealkylation sites (N-methyl/N-ethyl adjacent to an activating group) is 1. The van der Waals surface area contributed by atoms with Gasteiger partial charge in [-0.1, -0.05) is 78.4 Å². The zero-order chi connectivity index (χ0) is 33.3. The molecule has 0 unspecified atom stereocenters. The van der Waals surface area contributed by atoms with Gasteiger partial charge in [-0.3, -0.25) is 4.79 Å². The molecule has 0 fully saturated rings. The Morgan fingerprint density at radius 1 is 0.851 bits per heavy atom. The van der Waals surface area contributed by atoms with Crippen LogP contribution in [-0.4, -0.2) is 39.3 Å². The lowest BCUT2D eigenvalue weighted by molar-refractivity contribution is -0.118. The molecule has 5 aromatic rings. The molecule has 0 saturated heterocycles. The van der Waals surface area contributed by atoms with E-state index in [2.05, 4.69) is 37.9 Å². The van der Waals surface area contributed by atoms with Gasteiger partial charge in [-0.15, -0.1) is 0 Å². The third kappa shape index (κ3) is 8.90. The largest absolute Gasteiger partial charge is 0.488 e. The molecule has 1 amide bonds. The molecule has 5 rings (SSSR count). The minimum atomic E-state index is -0.509. The predicted octanol–water partition coefficient (Wildman–Crippen LogP) is 7.45. The van der Waals surface area contributed by atoms with E-state index in [9.17, 15) is 9.59 Å². The maximum atomic E-state index is 14.1. The summed E-state index contributed by atoms with van der Waals surface area (Å²) in [7, 11) is 3.82. The molecule has 242 valence electrons. The highest BCUT2D eigenvalue weighted by Crippen LogP contribution is 2.32. The normalized spacial score (nSPS) is 11.0. The summed E-state index contributed by atoms with van der Waals surface area (Å²) in [5, 5.41) is 0. The molecule has 0 aliphatic heterocycles. The van der Waals surface area contributed by atoms with Crippen molar-refractivity contribution in [3.63, 3.8) is 0 Å². The fraction of sp³-hybridized carbons (Fsp3) is 0.237. The number of hydrogen-bond donors (Lipinski definition) is 0. The van der Waals surface area contributed by atoms with Gasteiger partial charge in [0.05, 0.1) is 13.1 Å². The molecule has 0 atom stereocenters. The molecule has 0 radical (unpaired) electrons. The summed E-state index contributed by atoms with van der Waals surface area (Å²) in [6.45, 7) is 7.02. The number of esters is 1. The van der Waals surface area contributed by atoms with E-state index in [0.717, 1.165) is 21.8 Å². The minimum Gasteiger partial charge on any atom is -0.488 e. The smallest absolute Gasteiger partial charge is 0.342 e. The Hall–Kier alpha value is -4.86. The van der Waals surface area contributed by atoms with E-state index >= 15 is 0 Å². The molecule has 9 heteroatoms. The Bertz CT molecular complexity index is 1800. The van der Waals surface area contributed by atoms with Gasteiger partial charge in [0.1, 0.15) is 30.4 Å². The van der Waals surface area contributed by atoms with E-state index in [1.807, 2.05) is 89.8 Å². The van der Waals surface area contributed by atoms with Crippen molar-refractivity contribution in [3.8, 4) is 5.75 Å². The van der Waals surface area contributed by atoms with Gasteiger partial charge in [0.15, 0.2) is 0 Å². The number of anilines is 1. The molecular weight excluding hydrogens is 609 g/mol. The first-order valence-corrected chi connectivity index (χ1v) is 16.2. The number of benzene rings is 4. The van der Waals surface area contributed by atoms with Crippen LogP contribution in [0.15, 0.2) is 108 Å². The second-order valence-corrected chi connectivity index (χ2v) is 12.8. The Balaban J connectivity index is 1.43. The fourth-order valence-corrected chi connectivity index (χ4v) is 6.18. The van der Waals surface area contributed by atoms with Gasteiger partial charge >= 0.3 is 5.97 Å². The number of rotatable bonds is 13. The van der Waals surface area contributed by atoms with Gasteiger partial charge < -0.3 is 18.9 Å². The van der Waals surface area contributed by atoms with Gasteiger partial charge in [-0.05, 0) is 74.2 Å². The van der Waals surface area contributed by atoms with Crippen molar-refractivity contribution in [3.05, 3.63) is 143 Å². The summed E-state index contributed by atoms with van der Waals surface area (Å²) in [6.07, 6.45) is 3.56. The molecule has 0 aliphatic rings. The topological polar surface area (TPSA) is 76.9 Å². The molecule has 0 aliphatic carbocycles. The number of nitrogens with zero attached hydrogens (tertiary/aromatic N) is 4. The average Bonchev–Trinajstić information content (AvgIpc) is 3.47. The summed E-state index contributed by atoms with van der Waals surface area (Å²) < 4.78 is 15.8. The lowest BCUT2D eigenvalue weighted by Crippen LogP contribution is -2.37. The molecule has 0 saturated carbocycles. The molecule has 8 nitrogen and oxygen atoms in total. The predicted molar refractivity (Wildman–Crippen MR) is 186 cm³/mol. The third-order valence-electron chi connectivity index (χ3n) is 7.68. The van der Waals surface area contributed by atoms with Gasteiger partial charge in [0.25, 0.3) is 0 Å². The highest BCUT2D eigenvalue weighted by molar-refractivity contribution is 7.97. The molecular formula is C38H40N4O4S. The SMILES string of the molecule is Cc1cc(C)c(SN(C)CC(=O)N(Cc2nccn2C)c2ccc(C(=O)OCc3ccccc3)c(OCc3ccccc3)c2)c(C)c1. The third-order valence-corrected chi connectivity index (χ3v) is 8.95. The van der Waals surface area contributed by atoms with Crippen LogP contribution in [0.4, 0.5) is 5.69 Å². The lowest BCUT2D eigenvalue weighted by Gasteiger charge is -2.26. The fourth-order valence-electron chi connectivity index (χ4n) is 5.29. The average molecular weight is 649 g/mol. The number of carbonyl (C=O) groups excluding carboxylic acids is 2. The molecule has 47 heavy (non-hydrogen) atoms. The first kappa shape index (κ1) is 33.5. The summed E-state index contributed by atoms with van der Waals surface area (Å²) >= 11 is 1.56. The first-order chi connectivity index (χ1) is 22.7. The minimum absolute atomic E-state index is 0.126. The van der Waals surface area contributed by atoms with Crippen LogP contribution in [0.2, 0.25) is 0 Å². The monoisotopic (exact) mass is 648 g/mol. The van der Waals surface area contributed by atoms with Crippen molar-refractivity contribution in [1.29, 1.82) is 0 Å². The van der Waals surface area contributed by atoms with Gasteiger partial charge in [-0.25, -0.2) is 14.1 Å². The van der Waals surface area contributed by atoms with Crippen LogP contribution in [0.1, 0.15) is 44.0 Å². The van der Waals surface area contributed by atoms with E-state index in [-0.39, 0.29) is 37.8 Å². The number of carbonyl (C=O) groups is 2. The van der Waals surface area contributed by atoms with Crippen LogP contribution in [0.5, 0.6) is 5.75 Å². The molecule has 1 aromatic heterocycles. The van der Waals surface area contributed by atoms with E-state index in [1.54, 1.807) is 41.2 Å². The van der Waals surface area contributed by atoms with Crippen molar-refractivity contribution in [1.82, 2.24) is 13.9 Å². The number of ether oxygens (including phenoxy) is 2. The Morgan fingerprint density at radius 2 is 1.49 bits per heavy atom. The highest BCUT2D eigenvalue weighted by Gasteiger charge is 2.24. The van der Waals surface area contributed by atoms with Crippen molar-refractivity contribution in [2.75, 3.05) is 18.5 Å². The summed E-state index contributed by atoms with van der Waals surface area (Å²) in [5.41, 5.74) is 6.25. The molecule has 0 spiro atoms. The van der Waals surface area contributed by atoms with Crippen LogP contribution in [-0.2, 0) is 36.3 Å². The summed E-state index contributed by atoms with van der Waals surface area (Å²) in [6, 6.07) is 28.7. The van der Waals surface area contributed by atoms with E-state index in [1.165, 1.54) is 16.7 Å². The van der Waals surface area contributed by atoms with Crippen LogP contribution >= 0.6 is 11.9 Å². The second-order valence-electron chi connectivity index (χ2n) is 11.6. The number of hydrogen-bond acceptors (Lipinski definition) is 7. The van der Waals surface area contributed by atoms with Crippen LogP contribution in [0.25, 0.3) is 0 Å². The van der Waals surface area contributed by atoms with Crippen molar-refractivity contribution >= 4 is 29.5 Å². The molecule has 1 heterocycles. The van der Waals surface area contributed by atoms with Crippen LogP contribution < -0.4 is 9.64 Å². The second kappa shape index (κ2) is 15.6. The maximum absolute atomic E-state index is 14.1. The Morgan fingerprint density at radius 3 is 2.11 bits per heavy atom. The van der Waals surface area contributed by atoms with Gasteiger partial charge in [0.2, 0.25) is 5.91 Å². The van der Waals surface area contributed by atoms with Crippen LogP contribution in [0, 0.1) is 20.8 Å².